The van der Waals surface area contributed by atoms with Crippen LogP contribution in [0.2, 0.25) is 5.02 Å². The minimum atomic E-state index is -0.692. The number of fused-ring (bicyclic) bond motifs is 3. The Balaban J connectivity index is 0.00000280. The number of amides is 1. The third kappa shape index (κ3) is 4.32. The molecule has 0 radical (unpaired) electrons. The molecular weight excluding hydrogens is 511 g/mol. The summed E-state index contributed by atoms with van der Waals surface area (Å²) in [5, 5.41) is 26.8. The van der Waals surface area contributed by atoms with Crippen molar-refractivity contribution in [2.45, 2.75) is 31.7 Å². The summed E-state index contributed by atoms with van der Waals surface area (Å²) in [6.45, 7) is 1.92. The van der Waals surface area contributed by atoms with Gasteiger partial charge in [-0.1, -0.05) is 41.9 Å². The number of carbonyl (C=O) groups excluding carboxylic acids is 1. The standard InChI is InChI=1S/C27H23ClN6O2.ClH/c1-17-11-24(35)25-21-13-27(18-5-3-2-4-6-18,10-9-23(21)32-34(25)14-17)31-26(36)20-8-7-19(12-22(20)28)33-15-29-30-16-33;/h2-8,11-12,14-16,35H,9-10,13H2,1H3,(H,31,36);1H. The van der Waals surface area contributed by atoms with E-state index in [1.807, 2.05) is 49.5 Å². The normalized spacial score (nSPS) is 16.7. The SMILES string of the molecule is Cc1cc(O)c2c3c(nn2c1)CCC(NC(=O)c1ccc(-n2cnnc2)cc1Cl)(c1ccccc1)C3.Cl. The lowest BCUT2D eigenvalue weighted by molar-refractivity contribution is 0.0886. The molecule has 188 valence electrons. The number of nitrogens with one attached hydrogen (secondary N) is 1. The fraction of sp³-hybridized carbons (Fsp3) is 0.185. The van der Waals surface area contributed by atoms with Crippen LogP contribution in [0.15, 0.2) is 73.4 Å². The van der Waals surface area contributed by atoms with Crippen LogP contribution in [0.5, 0.6) is 5.75 Å². The summed E-state index contributed by atoms with van der Waals surface area (Å²) in [6, 6.07) is 16.9. The highest BCUT2D eigenvalue weighted by Crippen LogP contribution is 2.40. The molecular formula is C27H24Cl2N6O2. The van der Waals surface area contributed by atoms with Gasteiger partial charge in [0.1, 0.15) is 23.9 Å². The molecule has 0 saturated carbocycles. The number of halogens is 2. The topological polar surface area (TPSA) is 97.3 Å². The number of aromatic nitrogens is 5. The van der Waals surface area contributed by atoms with Crippen molar-refractivity contribution in [3.63, 3.8) is 0 Å². The molecule has 0 fully saturated rings. The van der Waals surface area contributed by atoms with E-state index in [0.29, 0.717) is 35.4 Å². The molecule has 1 atom stereocenters. The first-order chi connectivity index (χ1) is 17.4. The lowest BCUT2D eigenvalue weighted by Gasteiger charge is -2.38. The van der Waals surface area contributed by atoms with Gasteiger partial charge in [0, 0.05) is 23.9 Å². The maximum absolute atomic E-state index is 13.6. The van der Waals surface area contributed by atoms with Crippen LogP contribution in [0, 0.1) is 6.92 Å². The molecule has 1 aliphatic rings. The molecule has 3 heterocycles. The van der Waals surface area contributed by atoms with E-state index in [2.05, 4.69) is 15.5 Å². The Labute approximate surface area is 224 Å². The van der Waals surface area contributed by atoms with Gasteiger partial charge >= 0.3 is 0 Å². The average molecular weight is 535 g/mol. The summed E-state index contributed by atoms with van der Waals surface area (Å²) < 4.78 is 3.47. The molecule has 6 rings (SSSR count). The Morgan fingerprint density at radius 1 is 1.11 bits per heavy atom. The number of nitrogens with zero attached hydrogens (tertiary/aromatic N) is 5. The Hall–Kier alpha value is -3.88. The molecule has 1 amide bonds. The fourth-order valence-electron chi connectivity index (χ4n) is 5.15. The van der Waals surface area contributed by atoms with Gasteiger partial charge < -0.3 is 10.4 Å². The lowest BCUT2D eigenvalue weighted by atomic mass is 9.75. The smallest absolute Gasteiger partial charge is 0.253 e. The van der Waals surface area contributed by atoms with Crippen molar-refractivity contribution in [3.8, 4) is 11.4 Å². The zero-order chi connectivity index (χ0) is 24.9. The van der Waals surface area contributed by atoms with Crippen LogP contribution in [-0.2, 0) is 18.4 Å². The van der Waals surface area contributed by atoms with Crippen LogP contribution in [0.3, 0.4) is 0 Å². The molecule has 0 aliphatic heterocycles. The van der Waals surface area contributed by atoms with Crippen LogP contribution in [0.4, 0.5) is 0 Å². The summed E-state index contributed by atoms with van der Waals surface area (Å²) >= 11 is 6.57. The Morgan fingerprint density at radius 2 is 1.86 bits per heavy atom. The number of pyridine rings is 1. The van der Waals surface area contributed by atoms with Gasteiger partial charge in [-0.15, -0.1) is 22.6 Å². The average Bonchev–Trinajstić information content (AvgIpc) is 3.52. The van der Waals surface area contributed by atoms with E-state index in [4.69, 9.17) is 16.7 Å². The van der Waals surface area contributed by atoms with Gasteiger partial charge in [-0.05, 0) is 55.2 Å². The zero-order valence-electron chi connectivity index (χ0n) is 19.9. The number of hydrogen-bond donors (Lipinski definition) is 2. The molecule has 8 nitrogen and oxygen atoms in total. The van der Waals surface area contributed by atoms with Crippen molar-refractivity contribution in [3.05, 3.63) is 106 Å². The molecule has 2 aromatic carbocycles. The molecule has 5 aromatic rings. The van der Waals surface area contributed by atoms with E-state index in [1.165, 1.54) is 0 Å². The number of benzene rings is 2. The predicted octanol–water partition coefficient (Wildman–Crippen LogP) is 4.82. The highest BCUT2D eigenvalue weighted by molar-refractivity contribution is 6.34. The predicted molar refractivity (Wildman–Crippen MR) is 143 cm³/mol. The number of hydrogen-bond acceptors (Lipinski definition) is 5. The van der Waals surface area contributed by atoms with Crippen LogP contribution in [0.25, 0.3) is 11.2 Å². The van der Waals surface area contributed by atoms with Crippen molar-refractivity contribution >= 4 is 35.4 Å². The molecule has 3 aromatic heterocycles. The van der Waals surface area contributed by atoms with E-state index < -0.39 is 5.54 Å². The van der Waals surface area contributed by atoms with Crippen molar-refractivity contribution < 1.29 is 9.90 Å². The highest BCUT2D eigenvalue weighted by Gasteiger charge is 2.40. The quantitative estimate of drug-likeness (QED) is 0.344. The largest absolute Gasteiger partial charge is 0.506 e. The van der Waals surface area contributed by atoms with E-state index >= 15 is 0 Å². The van der Waals surface area contributed by atoms with E-state index in [0.717, 1.165) is 28.1 Å². The first-order valence-corrected chi connectivity index (χ1v) is 12.0. The van der Waals surface area contributed by atoms with Crippen LogP contribution in [0.1, 0.15) is 39.2 Å². The lowest BCUT2D eigenvalue weighted by Crippen LogP contribution is -2.49. The molecule has 1 aliphatic carbocycles. The fourth-order valence-corrected chi connectivity index (χ4v) is 5.41. The summed E-state index contributed by atoms with van der Waals surface area (Å²) in [7, 11) is 0. The minimum Gasteiger partial charge on any atom is -0.506 e. The van der Waals surface area contributed by atoms with Crippen LogP contribution >= 0.6 is 24.0 Å². The van der Waals surface area contributed by atoms with E-state index in [-0.39, 0.29) is 24.1 Å². The maximum Gasteiger partial charge on any atom is 0.253 e. The minimum absolute atomic E-state index is 0. The van der Waals surface area contributed by atoms with Gasteiger partial charge in [0.25, 0.3) is 5.91 Å². The first-order valence-electron chi connectivity index (χ1n) is 11.7. The molecule has 2 N–H and O–H groups in total. The number of aromatic hydroxyl groups is 1. The van der Waals surface area contributed by atoms with Gasteiger partial charge in [-0.2, -0.15) is 5.10 Å². The molecule has 10 heteroatoms. The zero-order valence-corrected chi connectivity index (χ0v) is 21.5. The second-order valence-corrected chi connectivity index (χ2v) is 9.64. The highest BCUT2D eigenvalue weighted by atomic mass is 35.5. The van der Waals surface area contributed by atoms with Crippen LogP contribution in [-0.4, -0.2) is 35.4 Å². The van der Waals surface area contributed by atoms with Crippen LogP contribution < -0.4 is 5.32 Å². The third-order valence-corrected chi connectivity index (χ3v) is 7.20. The number of rotatable bonds is 4. The van der Waals surface area contributed by atoms with E-state index in [9.17, 15) is 9.90 Å². The first kappa shape index (κ1) is 24.8. The second-order valence-electron chi connectivity index (χ2n) is 9.23. The van der Waals surface area contributed by atoms with Gasteiger partial charge in [0.2, 0.25) is 0 Å². The van der Waals surface area contributed by atoms with Crippen molar-refractivity contribution in [1.29, 1.82) is 0 Å². The molecule has 0 bridgehead atoms. The summed E-state index contributed by atoms with van der Waals surface area (Å²) in [4.78, 5) is 13.6. The van der Waals surface area contributed by atoms with Gasteiger partial charge in [-0.3, -0.25) is 9.36 Å². The number of aryl methyl sites for hydroxylation is 2. The Morgan fingerprint density at radius 3 is 2.59 bits per heavy atom. The van der Waals surface area contributed by atoms with E-state index in [1.54, 1.807) is 39.9 Å². The summed E-state index contributed by atoms with van der Waals surface area (Å²) in [5.41, 5.74) is 4.93. The summed E-state index contributed by atoms with van der Waals surface area (Å²) in [5.74, 6) is -0.0780. The van der Waals surface area contributed by atoms with Crippen molar-refractivity contribution in [1.82, 2.24) is 29.7 Å². The Bertz CT molecular complexity index is 1600. The maximum atomic E-state index is 13.6. The molecule has 37 heavy (non-hydrogen) atoms. The van der Waals surface area contributed by atoms with Crippen molar-refractivity contribution in [2.75, 3.05) is 0 Å². The third-order valence-electron chi connectivity index (χ3n) is 6.89. The summed E-state index contributed by atoms with van der Waals surface area (Å²) in [6.07, 6.45) is 6.87. The monoisotopic (exact) mass is 534 g/mol. The molecule has 0 spiro atoms. The Kier molecular flexibility index (Phi) is 6.39. The van der Waals surface area contributed by atoms with Gasteiger partial charge in [-0.25, -0.2) is 4.52 Å². The number of carbonyl (C=O) groups is 1. The molecule has 1 unspecified atom stereocenters. The molecule has 0 saturated heterocycles. The second kappa shape index (κ2) is 9.53. The van der Waals surface area contributed by atoms with Crippen molar-refractivity contribution in [2.24, 2.45) is 0 Å². The van der Waals surface area contributed by atoms with Gasteiger partial charge in [0.05, 0.1) is 21.8 Å². The van der Waals surface area contributed by atoms with Gasteiger partial charge in [0.15, 0.2) is 0 Å².